The number of phenols is 1. The van der Waals surface area contributed by atoms with Crippen LogP contribution >= 0.6 is 0 Å². The summed E-state index contributed by atoms with van der Waals surface area (Å²) in [6.07, 6.45) is -0.0857. The lowest BCUT2D eigenvalue weighted by molar-refractivity contribution is -0.149. The summed E-state index contributed by atoms with van der Waals surface area (Å²) in [7, 11) is 0. The van der Waals surface area contributed by atoms with E-state index in [-0.39, 0.29) is 12.2 Å². The second-order valence-corrected chi connectivity index (χ2v) is 6.73. The summed E-state index contributed by atoms with van der Waals surface area (Å²) in [4.78, 5) is 37.8. The zero-order chi connectivity index (χ0) is 20.1. The van der Waals surface area contributed by atoms with Gasteiger partial charge in [0.2, 0.25) is 11.8 Å². The van der Waals surface area contributed by atoms with E-state index in [4.69, 9.17) is 5.73 Å². The van der Waals surface area contributed by atoms with Gasteiger partial charge in [0.25, 0.3) is 0 Å². The number of nitrogens with zero attached hydrogens (tertiary/aromatic N) is 1. The summed E-state index contributed by atoms with van der Waals surface area (Å²) in [5.41, 5.74) is 6.31. The van der Waals surface area contributed by atoms with Gasteiger partial charge >= 0.3 is 5.97 Å². The molecule has 1 aromatic rings. The van der Waals surface area contributed by atoms with Gasteiger partial charge in [-0.1, -0.05) is 12.1 Å². The van der Waals surface area contributed by atoms with Crippen LogP contribution in [0.15, 0.2) is 24.3 Å². The van der Waals surface area contributed by atoms with Crippen LogP contribution < -0.4 is 11.1 Å². The number of rotatable bonds is 7. The predicted octanol–water partition coefficient (Wildman–Crippen LogP) is -0.797. The molecule has 27 heavy (non-hydrogen) atoms. The fourth-order valence-electron chi connectivity index (χ4n) is 3.04. The van der Waals surface area contributed by atoms with Gasteiger partial charge in [-0.25, -0.2) is 4.79 Å². The highest BCUT2D eigenvalue weighted by atomic mass is 16.4. The first-order valence-electron chi connectivity index (χ1n) is 8.76. The summed E-state index contributed by atoms with van der Waals surface area (Å²) in [5, 5.41) is 30.7. The van der Waals surface area contributed by atoms with Crippen LogP contribution in [0.2, 0.25) is 0 Å². The number of nitrogens with two attached hydrogens (primary N) is 1. The van der Waals surface area contributed by atoms with Crippen molar-refractivity contribution in [3.8, 4) is 5.75 Å². The minimum atomic E-state index is -1.21. The van der Waals surface area contributed by atoms with Crippen LogP contribution in [0, 0.1) is 0 Å². The van der Waals surface area contributed by atoms with Crippen molar-refractivity contribution < 1.29 is 29.7 Å². The maximum Gasteiger partial charge on any atom is 0.326 e. The number of phenolic OH excluding ortho intramolecular Hbond substituents is 1. The standard InChI is InChI=1S/C18H25N3O6/c1-10(22)15(19)16(24)20-13(9-11-4-6-12(23)7-5-11)17(25)21-8-2-3-14(21)18(26)27/h4-7,10,13-15,22-23H,2-3,8-9,19H2,1H3,(H,20,24)(H,26,27)/t10-,13+,14+,15+/m1/s1. The molecule has 0 spiro atoms. The highest BCUT2D eigenvalue weighted by molar-refractivity contribution is 5.92. The summed E-state index contributed by atoms with van der Waals surface area (Å²) >= 11 is 0. The molecule has 148 valence electrons. The highest BCUT2D eigenvalue weighted by Gasteiger charge is 2.38. The van der Waals surface area contributed by atoms with Crippen molar-refractivity contribution >= 4 is 17.8 Å². The molecule has 1 aromatic carbocycles. The van der Waals surface area contributed by atoms with Crippen LogP contribution in [0.1, 0.15) is 25.3 Å². The Balaban J connectivity index is 2.22. The zero-order valence-corrected chi connectivity index (χ0v) is 15.0. The number of hydrogen-bond acceptors (Lipinski definition) is 6. The van der Waals surface area contributed by atoms with E-state index < -0.39 is 42.0 Å². The van der Waals surface area contributed by atoms with E-state index in [9.17, 15) is 29.7 Å². The molecule has 2 amide bonds. The number of nitrogens with one attached hydrogen (secondary N) is 1. The monoisotopic (exact) mass is 379 g/mol. The first-order chi connectivity index (χ1) is 12.7. The van der Waals surface area contributed by atoms with E-state index in [1.54, 1.807) is 12.1 Å². The molecule has 0 bridgehead atoms. The Morgan fingerprint density at radius 1 is 1.30 bits per heavy atom. The number of carbonyl (C=O) groups excluding carboxylic acids is 2. The topological polar surface area (TPSA) is 153 Å². The molecule has 0 aliphatic carbocycles. The number of benzene rings is 1. The van der Waals surface area contributed by atoms with Gasteiger partial charge in [0.15, 0.2) is 0 Å². The van der Waals surface area contributed by atoms with Crippen molar-refractivity contribution in [3.63, 3.8) is 0 Å². The van der Waals surface area contributed by atoms with Gasteiger partial charge in [-0.15, -0.1) is 0 Å². The lowest BCUT2D eigenvalue weighted by Gasteiger charge is -2.28. The first-order valence-corrected chi connectivity index (χ1v) is 8.76. The minimum absolute atomic E-state index is 0.0623. The van der Waals surface area contributed by atoms with Crippen LogP contribution in [0.5, 0.6) is 5.75 Å². The Hall–Kier alpha value is -2.65. The summed E-state index contributed by atoms with van der Waals surface area (Å²) < 4.78 is 0. The van der Waals surface area contributed by atoms with Crippen LogP contribution in [0.25, 0.3) is 0 Å². The SMILES string of the molecule is C[C@@H](O)[C@H](N)C(=O)N[C@@H](Cc1ccc(O)cc1)C(=O)N1CCC[C@H]1C(=O)O. The third-order valence-electron chi connectivity index (χ3n) is 4.63. The van der Waals surface area contributed by atoms with Crippen molar-refractivity contribution in [2.24, 2.45) is 5.73 Å². The zero-order valence-electron chi connectivity index (χ0n) is 15.0. The smallest absolute Gasteiger partial charge is 0.326 e. The van der Waals surface area contributed by atoms with Gasteiger partial charge in [-0.05, 0) is 37.5 Å². The van der Waals surface area contributed by atoms with Gasteiger partial charge in [0, 0.05) is 13.0 Å². The van der Waals surface area contributed by atoms with Crippen LogP contribution in [-0.2, 0) is 20.8 Å². The number of hydrogen-bond donors (Lipinski definition) is 5. The van der Waals surface area contributed by atoms with E-state index >= 15 is 0 Å². The maximum absolute atomic E-state index is 13.0. The van der Waals surface area contributed by atoms with E-state index in [0.717, 1.165) is 0 Å². The Labute approximate surface area is 156 Å². The molecule has 1 aliphatic rings. The van der Waals surface area contributed by atoms with Crippen molar-refractivity contribution in [3.05, 3.63) is 29.8 Å². The number of aliphatic hydroxyl groups excluding tert-OH is 1. The molecule has 0 saturated carbocycles. The third-order valence-corrected chi connectivity index (χ3v) is 4.63. The average molecular weight is 379 g/mol. The largest absolute Gasteiger partial charge is 0.508 e. The van der Waals surface area contributed by atoms with E-state index in [1.807, 2.05) is 0 Å². The second kappa shape index (κ2) is 8.83. The molecule has 0 aromatic heterocycles. The first kappa shape index (κ1) is 20.7. The molecule has 0 radical (unpaired) electrons. The lowest BCUT2D eigenvalue weighted by atomic mass is 10.0. The van der Waals surface area contributed by atoms with Crippen molar-refractivity contribution in [2.75, 3.05) is 6.54 Å². The minimum Gasteiger partial charge on any atom is -0.508 e. The van der Waals surface area contributed by atoms with Crippen molar-refractivity contribution in [1.82, 2.24) is 10.2 Å². The lowest BCUT2D eigenvalue weighted by Crippen LogP contribution is -2.57. The van der Waals surface area contributed by atoms with E-state index in [2.05, 4.69) is 5.32 Å². The van der Waals surface area contributed by atoms with E-state index in [1.165, 1.54) is 24.0 Å². The summed E-state index contributed by atoms with van der Waals surface area (Å²) in [6.45, 7) is 1.65. The summed E-state index contributed by atoms with van der Waals surface area (Å²) in [5.74, 6) is -2.24. The molecule has 0 unspecified atom stereocenters. The van der Waals surface area contributed by atoms with Crippen LogP contribution in [0.4, 0.5) is 0 Å². The fraction of sp³-hybridized carbons (Fsp3) is 0.500. The van der Waals surface area contributed by atoms with Gasteiger partial charge in [-0.3, -0.25) is 9.59 Å². The summed E-state index contributed by atoms with van der Waals surface area (Å²) in [6, 6.07) is 2.94. The Morgan fingerprint density at radius 3 is 2.48 bits per heavy atom. The molecule has 9 nitrogen and oxygen atoms in total. The number of carboxylic acid groups (broad SMARTS) is 1. The number of aliphatic carboxylic acids is 1. The van der Waals surface area contributed by atoms with Gasteiger partial charge in [0.1, 0.15) is 23.9 Å². The highest BCUT2D eigenvalue weighted by Crippen LogP contribution is 2.20. The molecule has 1 fully saturated rings. The van der Waals surface area contributed by atoms with Crippen LogP contribution in [-0.4, -0.2) is 68.8 Å². The molecular formula is C18H25N3O6. The van der Waals surface area contributed by atoms with Crippen molar-refractivity contribution in [1.29, 1.82) is 0 Å². The fourth-order valence-corrected chi connectivity index (χ4v) is 3.04. The van der Waals surface area contributed by atoms with Gasteiger partial charge < -0.3 is 31.3 Å². The van der Waals surface area contributed by atoms with E-state index in [0.29, 0.717) is 24.9 Å². The maximum atomic E-state index is 13.0. The second-order valence-electron chi connectivity index (χ2n) is 6.73. The quantitative estimate of drug-likeness (QED) is 0.416. The number of likely N-dealkylation sites (tertiary alicyclic amines) is 1. The number of aliphatic hydroxyl groups is 1. The number of carboxylic acids is 1. The molecular weight excluding hydrogens is 354 g/mol. The number of carbonyl (C=O) groups is 3. The third kappa shape index (κ3) is 5.18. The van der Waals surface area contributed by atoms with Crippen molar-refractivity contribution in [2.45, 2.75) is 50.4 Å². The Kier molecular flexibility index (Phi) is 6.75. The predicted molar refractivity (Wildman–Crippen MR) is 95.8 cm³/mol. The molecule has 1 heterocycles. The van der Waals surface area contributed by atoms with Gasteiger partial charge in [-0.2, -0.15) is 0 Å². The Bertz CT molecular complexity index is 691. The number of amides is 2. The van der Waals surface area contributed by atoms with Crippen LogP contribution in [0.3, 0.4) is 0 Å². The van der Waals surface area contributed by atoms with Gasteiger partial charge in [0.05, 0.1) is 6.10 Å². The Morgan fingerprint density at radius 2 is 1.93 bits per heavy atom. The molecule has 1 aliphatic heterocycles. The average Bonchev–Trinajstić information content (AvgIpc) is 3.11. The molecule has 9 heteroatoms. The molecule has 2 rings (SSSR count). The molecule has 1 saturated heterocycles. The normalized spacial score (nSPS) is 20.0. The molecule has 4 atom stereocenters. The molecule has 6 N–H and O–H groups in total. The number of aromatic hydroxyl groups is 1.